The van der Waals surface area contributed by atoms with Gasteiger partial charge in [-0.3, -0.25) is 4.79 Å². The van der Waals surface area contributed by atoms with E-state index in [0.29, 0.717) is 11.3 Å². The van der Waals surface area contributed by atoms with Gasteiger partial charge in [-0.25, -0.2) is 5.43 Å². The van der Waals surface area contributed by atoms with E-state index in [4.69, 9.17) is 0 Å². The van der Waals surface area contributed by atoms with Gasteiger partial charge < -0.3 is 5.11 Å². The number of amides is 1. The van der Waals surface area contributed by atoms with Crippen LogP contribution in [0.15, 0.2) is 92.6 Å². The molecule has 0 aromatic heterocycles. The summed E-state index contributed by atoms with van der Waals surface area (Å²) in [7, 11) is 0. The molecule has 6 nitrogen and oxygen atoms in total. The normalized spacial score (nSPS) is 11.2. The Morgan fingerprint density at radius 3 is 2.43 bits per heavy atom. The first kappa shape index (κ1) is 19.4. The molecule has 3 rings (SSSR count). The number of carbonyl (C=O) groups excluding carboxylic acids is 1. The summed E-state index contributed by atoms with van der Waals surface area (Å²) in [5.41, 5.74) is 5.04. The number of hydrogen-bond acceptors (Lipinski definition) is 5. The van der Waals surface area contributed by atoms with Crippen molar-refractivity contribution in [1.82, 2.24) is 5.43 Å². The molecule has 0 aliphatic rings. The summed E-state index contributed by atoms with van der Waals surface area (Å²) in [6.45, 7) is 0. The number of rotatable bonds is 6. The van der Waals surface area contributed by atoms with E-state index >= 15 is 0 Å². The van der Waals surface area contributed by atoms with Gasteiger partial charge in [-0.2, -0.15) is 15.3 Å². The predicted molar refractivity (Wildman–Crippen MR) is 112 cm³/mol. The number of hydrogen-bond donors (Lipinski definition) is 2. The highest BCUT2D eigenvalue weighted by atomic mass is 79.9. The van der Waals surface area contributed by atoms with Gasteiger partial charge in [0.25, 0.3) is 0 Å². The molecule has 3 aromatic rings. The molecule has 0 saturated heterocycles. The van der Waals surface area contributed by atoms with Crippen molar-refractivity contribution in [2.45, 2.75) is 6.42 Å². The standard InChI is InChI=1S/C21H17BrN4O2/c22-17-8-6-15(7-9-17)12-21(28)26-23-14-16-13-19(10-11-20(16)27)25-24-18-4-2-1-3-5-18/h1-11,13-14,27H,12H2,(H,26,28)/b23-14+,25-24?. The Morgan fingerprint density at radius 2 is 1.68 bits per heavy atom. The lowest BCUT2D eigenvalue weighted by atomic mass is 10.1. The fourth-order valence-electron chi connectivity index (χ4n) is 2.32. The molecule has 140 valence electrons. The molecule has 0 radical (unpaired) electrons. The fraction of sp³-hybridized carbons (Fsp3) is 0.0476. The minimum Gasteiger partial charge on any atom is -0.507 e. The summed E-state index contributed by atoms with van der Waals surface area (Å²) >= 11 is 3.35. The number of nitrogens with zero attached hydrogens (tertiary/aromatic N) is 3. The van der Waals surface area contributed by atoms with Crippen molar-refractivity contribution in [1.29, 1.82) is 0 Å². The summed E-state index contributed by atoms with van der Waals surface area (Å²) in [6, 6.07) is 21.6. The zero-order valence-electron chi connectivity index (χ0n) is 14.8. The first-order valence-corrected chi connectivity index (χ1v) is 9.25. The largest absolute Gasteiger partial charge is 0.507 e. The van der Waals surface area contributed by atoms with Crippen LogP contribution in [0.3, 0.4) is 0 Å². The van der Waals surface area contributed by atoms with E-state index in [-0.39, 0.29) is 18.1 Å². The molecule has 0 aliphatic heterocycles. The molecule has 3 aromatic carbocycles. The Labute approximate surface area is 170 Å². The van der Waals surface area contributed by atoms with Gasteiger partial charge in [-0.1, -0.05) is 46.3 Å². The van der Waals surface area contributed by atoms with Crippen LogP contribution >= 0.6 is 15.9 Å². The fourth-order valence-corrected chi connectivity index (χ4v) is 2.58. The average molecular weight is 437 g/mol. The van der Waals surface area contributed by atoms with Gasteiger partial charge in [-0.05, 0) is 48.0 Å². The van der Waals surface area contributed by atoms with Crippen molar-refractivity contribution in [2.75, 3.05) is 0 Å². The zero-order valence-corrected chi connectivity index (χ0v) is 16.4. The maximum Gasteiger partial charge on any atom is 0.244 e. The zero-order chi connectivity index (χ0) is 19.8. The monoisotopic (exact) mass is 436 g/mol. The number of carbonyl (C=O) groups is 1. The molecule has 0 saturated carbocycles. The minimum absolute atomic E-state index is 0.0320. The number of phenolic OH excluding ortho intramolecular Hbond substituents is 1. The third-order valence-corrected chi connectivity index (χ3v) is 4.25. The maximum absolute atomic E-state index is 12.0. The molecule has 1 amide bonds. The van der Waals surface area contributed by atoms with Gasteiger partial charge in [0, 0.05) is 10.0 Å². The van der Waals surface area contributed by atoms with Crippen LogP contribution in [0, 0.1) is 0 Å². The number of benzene rings is 3. The van der Waals surface area contributed by atoms with Crippen molar-refractivity contribution < 1.29 is 9.90 Å². The van der Waals surface area contributed by atoms with Crippen molar-refractivity contribution in [3.05, 3.63) is 88.4 Å². The number of nitrogens with one attached hydrogen (secondary N) is 1. The van der Waals surface area contributed by atoms with E-state index in [9.17, 15) is 9.90 Å². The third-order valence-electron chi connectivity index (χ3n) is 3.72. The molecule has 2 N–H and O–H groups in total. The number of hydrazone groups is 1. The molecule has 0 unspecified atom stereocenters. The Bertz CT molecular complexity index is 1000. The van der Waals surface area contributed by atoms with Crippen LogP contribution in [0.5, 0.6) is 5.75 Å². The van der Waals surface area contributed by atoms with E-state index in [1.165, 1.54) is 12.3 Å². The average Bonchev–Trinajstić information content (AvgIpc) is 2.71. The summed E-state index contributed by atoms with van der Waals surface area (Å²) in [4.78, 5) is 12.0. The van der Waals surface area contributed by atoms with Gasteiger partial charge >= 0.3 is 0 Å². The Balaban J connectivity index is 1.62. The lowest BCUT2D eigenvalue weighted by molar-refractivity contribution is -0.120. The van der Waals surface area contributed by atoms with Crippen LogP contribution in [-0.4, -0.2) is 17.2 Å². The van der Waals surface area contributed by atoms with Crippen molar-refractivity contribution >= 4 is 39.4 Å². The van der Waals surface area contributed by atoms with E-state index in [0.717, 1.165) is 15.7 Å². The molecule has 0 spiro atoms. The Kier molecular flexibility index (Phi) is 6.64. The second-order valence-corrected chi connectivity index (χ2v) is 6.79. The first-order valence-electron chi connectivity index (χ1n) is 8.46. The van der Waals surface area contributed by atoms with Crippen LogP contribution in [0.1, 0.15) is 11.1 Å². The Hall–Kier alpha value is -3.32. The predicted octanol–water partition coefficient (Wildman–Crippen LogP) is 5.26. The Morgan fingerprint density at radius 1 is 0.964 bits per heavy atom. The van der Waals surface area contributed by atoms with Crippen LogP contribution in [0.2, 0.25) is 0 Å². The van der Waals surface area contributed by atoms with Gasteiger partial charge in [0.2, 0.25) is 5.91 Å². The molecule has 0 aliphatic carbocycles. The van der Waals surface area contributed by atoms with Crippen LogP contribution in [0.4, 0.5) is 11.4 Å². The van der Waals surface area contributed by atoms with Gasteiger partial charge in [0.05, 0.1) is 24.0 Å². The topological polar surface area (TPSA) is 86.4 Å². The third kappa shape index (κ3) is 5.85. The minimum atomic E-state index is -0.252. The van der Waals surface area contributed by atoms with E-state index in [1.807, 2.05) is 54.6 Å². The molecular formula is C21H17BrN4O2. The first-order chi connectivity index (χ1) is 13.6. The summed E-state index contributed by atoms with van der Waals surface area (Å²) in [6.07, 6.45) is 1.58. The summed E-state index contributed by atoms with van der Waals surface area (Å²) in [5, 5.41) is 22.2. The quantitative estimate of drug-likeness (QED) is 0.313. The van der Waals surface area contributed by atoms with Gasteiger partial charge in [-0.15, -0.1) is 0 Å². The molecule has 0 atom stereocenters. The molecule has 7 heteroatoms. The lowest BCUT2D eigenvalue weighted by Crippen LogP contribution is -2.19. The van der Waals surface area contributed by atoms with E-state index < -0.39 is 0 Å². The molecule has 28 heavy (non-hydrogen) atoms. The highest BCUT2D eigenvalue weighted by Crippen LogP contribution is 2.24. The summed E-state index contributed by atoms with van der Waals surface area (Å²) in [5.74, 6) is -0.220. The second-order valence-electron chi connectivity index (χ2n) is 5.88. The second kappa shape index (κ2) is 9.57. The maximum atomic E-state index is 12.0. The van der Waals surface area contributed by atoms with Crippen molar-refractivity contribution in [3.8, 4) is 5.75 Å². The molecule has 0 heterocycles. The van der Waals surface area contributed by atoms with E-state index in [1.54, 1.807) is 12.1 Å². The van der Waals surface area contributed by atoms with Crippen molar-refractivity contribution in [2.24, 2.45) is 15.3 Å². The van der Waals surface area contributed by atoms with Crippen LogP contribution < -0.4 is 5.43 Å². The number of aromatic hydroxyl groups is 1. The van der Waals surface area contributed by atoms with Crippen LogP contribution in [-0.2, 0) is 11.2 Å². The highest BCUT2D eigenvalue weighted by molar-refractivity contribution is 9.10. The smallest absolute Gasteiger partial charge is 0.244 e. The lowest BCUT2D eigenvalue weighted by Gasteiger charge is -2.02. The number of azo groups is 1. The molecule has 0 fully saturated rings. The summed E-state index contributed by atoms with van der Waals surface area (Å²) < 4.78 is 0.953. The van der Waals surface area contributed by atoms with Crippen LogP contribution in [0.25, 0.3) is 0 Å². The highest BCUT2D eigenvalue weighted by Gasteiger charge is 2.03. The SMILES string of the molecule is O=C(Cc1ccc(Br)cc1)N/N=C/c1cc(N=Nc2ccccc2)ccc1O. The number of phenols is 1. The van der Waals surface area contributed by atoms with Gasteiger partial charge in [0.1, 0.15) is 5.75 Å². The van der Waals surface area contributed by atoms with Crippen molar-refractivity contribution in [3.63, 3.8) is 0 Å². The number of halogens is 1. The van der Waals surface area contributed by atoms with E-state index in [2.05, 4.69) is 36.7 Å². The van der Waals surface area contributed by atoms with Gasteiger partial charge in [0.15, 0.2) is 0 Å². The molecule has 0 bridgehead atoms. The molecular weight excluding hydrogens is 420 g/mol.